The maximum Gasteiger partial charge on any atom is 0.238 e. The highest BCUT2D eigenvalue weighted by Gasteiger charge is 2.26. The Morgan fingerprint density at radius 2 is 2.00 bits per heavy atom. The average molecular weight is 303 g/mol. The van der Waals surface area contributed by atoms with Crippen LogP contribution in [0.15, 0.2) is 23.1 Å². The van der Waals surface area contributed by atoms with Gasteiger partial charge in [-0.3, -0.25) is 4.79 Å². The van der Waals surface area contributed by atoms with Crippen LogP contribution in [-0.4, -0.2) is 27.9 Å². The maximum atomic E-state index is 13.8. The smallest absolute Gasteiger partial charge is 0.238 e. The molecule has 0 unspecified atom stereocenters. The number of anilines is 1. The second-order valence-electron chi connectivity index (χ2n) is 5.00. The van der Waals surface area contributed by atoms with Crippen LogP contribution in [0, 0.1) is 11.2 Å². The van der Waals surface area contributed by atoms with Gasteiger partial charge in [0.25, 0.3) is 0 Å². The summed E-state index contributed by atoms with van der Waals surface area (Å²) in [7, 11) is -2.42. The number of carbonyl (C=O) groups is 1. The summed E-state index contributed by atoms with van der Waals surface area (Å²) in [4.78, 5) is 11.3. The van der Waals surface area contributed by atoms with Crippen LogP contribution in [0.3, 0.4) is 0 Å². The van der Waals surface area contributed by atoms with E-state index in [1.807, 2.05) is 0 Å². The Kier molecular flexibility index (Phi) is 4.72. The number of halogens is 1. The zero-order valence-corrected chi connectivity index (χ0v) is 12.3. The highest BCUT2D eigenvalue weighted by molar-refractivity contribution is 7.89. The molecule has 20 heavy (non-hydrogen) atoms. The van der Waals surface area contributed by atoms with Crippen LogP contribution in [0.25, 0.3) is 0 Å². The van der Waals surface area contributed by atoms with Crippen LogP contribution >= 0.6 is 0 Å². The van der Waals surface area contributed by atoms with E-state index in [1.165, 1.54) is 19.2 Å². The third kappa shape index (κ3) is 3.91. The molecule has 0 radical (unpaired) electrons. The Morgan fingerprint density at radius 1 is 1.40 bits per heavy atom. The summed E-state index contributed by atoms with van der Waals surface area (Å²) in [6, 6.07) is 3.31. The van der Waals surface area contributed by atoms with Crippen LogP contribution in [-0.2, 0) is 14.8 Å². The topological polar surface area (TPSA) is 101 Å². The van der Waals surface area contributed by atoms with Crippen molar-refractivity contribution in [3.63, 3.8) is 0 Å². The average Bonchev–Trinajstić information content (AvgIpc) is 2.35. The fraction of sp³-hybridized carbons (Fsp3) is 0.417. The summed E-state index contributed by atoms with van der Waals surface area (Å²) in [6.07, 6.45) is 0. The van der Waals surface area contributed by atoms with E-state index in [9.17, 15) is 17.6 Å². The molecule has 0 aliphatic rings. The summed E-state index contributed by atoms with van der Waals surface area (Å²) >= 11 is 0. The summed E-state index contributed by atoms with van der Waals surface area (Å²) < 4.78 is 35.9. The molecule has 0 saturated carbocycles. The minimum atomic E-state index is -3.93. The highest BCUT2D eigenvalue weighted by atomic mass is 32.2. The van der Waals surface area contributed by atoms with E-state index in [-0.39, 0.29) is 23.0 Å². The molecule has 6 nitrogen and oxygen atoms in total. The second kappa shape index (κ2) is 5.76. The molecule has 0 aliphatic carbocycles. The molecule has 0 bridgehead atoms. The first-order chi connectivity index (χ1) is 9.08. The van der Waals surface area contributed by atoms with E-state index in [0.717, 1.165) is 6.07 Å². The molecule has 4 N–H and O–H groups in total. The lowest BCUT2D eigenvalue weighted by molar-refractivity contribution is -0.128. The molecule has 1 aromatic rings. The Bertz CT molecular complexity index is 614. The zero-order chi connectivity index (χ0) is 15.6. The van der Waals surface area contributed by atoms with Gasteiger partial charge in [0.15, 0.2) is 0 Å². The number of primary sulfonamides is 1. The van der Waals surface area contributed by atoms with Gasteiger partial charge in [-0.25, -0.2) is 17.9 Å². The lowest BCUT2D eigenvalue weighted by Crippen LogP contribution is -2.39. The van der Waals surface area contributed by atoms with Crippen molar-refractivity contribution in [3.05, 3.63) is 24.0 Å². The predicted octanol–water partition coefficient (Wildman–Crippen LogP) is 0.657. The molecule has 8 heteroatoms. The van der Waals surface area contributed by atoms with E-state index in [0.29, 0.717) is 0 Å². The van der Waals surface area contributed by atoms with Crippen LogP contribution in [0.4, 0.5) is 10.1 Å². The normalized spacial score (nSPS) is 12.1. The Morgan fingerprint density at radius 3 is 2.45 bits per heavy atom. The zero-order valence-electron chi connectivity index (χ0n) is 11.5. The molecule has 0 spiro atoms. The largest absolute Gasteiger partial charge is 0.382 e. The lowest BCUT2D eigenvalue weighted by Gasteiger charge is -2.23. The second-order valence-corrected chi connectivity index (χ2v) is 6.56. The summed E-state index contributed by atoms with van der Waals surface area (Å²) in [5, 5.41) is 10.2. The molecule has 0 atom stereocenters. The fourth-order valence-electron chi connectivity index (χ4n) is 1.55. The summed E-state index contributed by atoms with van der Waals surface area (Å²) in [5.74, 6) is -0.934. The van der Waals surface area contributed by atoms with Crippen molar-refractivity contribution >= 4 is 21.6 Å². The Labute approximate surface area is 117 Å². The van der Waals surface area contributed by atoms with Gasteiger partial charge in [0.1, 0.15) is 5.82 Å². The number of benzene rings is 1. The van der Waals surface area contributed by atoms with Gasteiger partial charge in [0.05, 0.1) is 16.0 Å². The number of hydrogen-bond acceptors (Lipinski definition) is 4. The van der Waals surface area contributed by atoms with Gasteiger partial charge in [0.2, 0.25) is 15.9 Å². The third-order valence-corrected chi connectivity index (χ3v) is 3.74. The number of carbonyl (C=O) groups excluding carboxylic acids is 1. The van der Waals surface area contributed by atoms with Gasteiger partial charge in [0, 0.05) is 13.6 Å². The summed E-state index contributed by atoms with van der Waals surface area (Å²) in [6.45, 7) is 3.60. The van der Waals surface area contributed by atoms with E-state index in [4.69, 9.17) is 5.14 Å². The van der Waals surface area contributed by atoms with Crippen LogP contribution in [0.5, 0.6) is 0 Å². The number of rotatable bonds is 5. The van der Waals surface area contributed by atoms with Crippen LogP contribution in [0.2, 0.25) is 0 Å². The van der Waals surface area contributed by atoms with Crippen molar-refractivity contribution in [1.82, 2.24) is 5.32 Å². The van der Waals surface area contributed by atoms with Crippen LogP contribution < -0.4 is 15.8 Å². The molecule has 0 aliphatic heterocycles. The molecule has 1 amide bonds. The van der Waals surface area contributed by atoms with E-state index >= 15 is 0 Å². The first-order valence-electron chi connectivity index (χ1n) is 5.86. The van der Waals surface area contributed by atoms with Gasteiger partial charge in [-0.15, -0.1) is 0 Å². The van der Waals surface area contributed by atoms with Crippen molar-refractivity contribution in [1.29, 1.82) is 0 Å². The van der Waals surface area contributed by atoms with Gasteiger partial charge in [-0.2, -0.15) is 0 Å². The number of hydrogen-bond donors (Lipinski definition) is 3. The SMILES string of the molecule is CNC(=O)C(C)(C)CNc1ccc(S(N)(=O)=O)cc1F. The number of nitrogens with one attached hydrogen (secondary N) is 2. The first kappa shape index (κ1) is 16.4. The van der Waals surface area contributed by atoms with Crippen molar-refractivity contribution in [2.45, 2.75) is 18.7 Å². The maximum absolute atomic E-state index is 13.8. The molecule has 0 aromatic heterocycles. The van der Waals surface area contributed by atoms with Gasteiger partial charge in [-0.05, 0) is 32.0 Å². The Balaban J connectivity index is 2.88. The van der Waals surface area contributed by atoms with Crippen LogP contribution in [0.1, 0.15) is 13.8 Å². The van der Waals surface area contributed by atoms with Gasteiger partial charge >= 0.3 is 0 Å². The van der Waals surface area contributed by atoms with E-state index in [1.54, 1.807) is 13.8 Å². The first-order valence-corrected chi connectivity index (χ1v) is 7.41. The molecule has 0 heterocycles. The predicted molar refractivity (Wildman–Crippen MR) is 74.1 cm³/mol. The Hall–Kier alpha value is -1.67. The molecular formula is C12H18FN3O3S. The molecule has 0 saturated heterocycles. The monoisotopic (exact) mass is 303 g/mol. The van der Waals surface area contributed by atoms with Crippen molar-refractivity contribution in [3.8, 4) is 0 Å². The van der Waals surface area contributed by atoms with E-state index in [2.05, 4.69) is 10.6 Å². The fourth-order valence-corrected chi connectivity index (χ4v) is 2.08. The van der Waals surface area contributed by atoms with Gasteiger partial charge < -0.3 is 10.6 Å². The molecule has 1 rings (SSSR count). The molecule has 0 fully saturated rings. The molecular weight excluding hydrogens is 285 g/mol. The number of sulfonamides is 1. The lowest BCUT2D eigenvalue weighted by atomic mass is 9.92. The standard InChI is InChI=1S/C12H18FN3O3S/c1-12(2,11(17)15-3)7-16-10-5-4-8(6-9(10)13)20(14,18)19/h4-6,16H,7H2,1-3H3,(H,15,17)(H2,14,18,19). The third-order valence-electron chi connectivity index (χ3n) is 2.83. The quantitative estimate of drug-likeness (QED) is 0.743. The van der Waals surface area contributed by atoms with Crippen molar-refractivity contribution < 1.29 is 17.6 Å². The molecule has 112 valence electrons. The minimum Gasteiger partial charge on any atom is -0.382 e. The number of nitrogens with two attached hydrogens (primary N) is 1. The number of amides is 1. The summed E-state index contributed by atoms with van der Waals surface area (Å²) in [5.41, 5.74) is -0.630. The van der Waals surface area contributed by atoms with Gasteiger partial charge in [-0.1, -0.05) is 0 Å². The van der Waals surface area contributed by atoms with E-state index < -0.39 is 21.3 Å². The van der Waals surface area contributed by atoms with Crippen molar-refractivity contribution in [2.24, 2.45) is 10.6 Å². The highest BCUT2D eigenvalue weighted by Crippen LogP contribution is 2.21. The molecule has 1 aromatic carbocycles. The minimum absolute atomic E-state index is 0.106. The van der Waals surface area contributed by atoms with Crippen molar-refractivity contribution in [2.75, 3.05) is 18.9 Å².